The van der Waals surface area contributed by atoms with Gasteiger partial charge in [-0.25, -0.2) is 0 Å². The molecule has 0 heterocycles. The van der Waals surface area contributed by atoms with Crippen LogP contribution >= 0.6 is 23.2 Å². The second-order valence-electron chi connectivity index (χ2n) is 2.23. The fourth-order valence-electron chi connectivity index (χ4n) is 0.870. The maximum Gasteiger partial charge on any atom is 0.0474 e. The summed E-state index contributed by atoms with van der Waals surface area (Å²) < 4.78 is 0. The van der Waals surface area contributed by atoms with Crippen LogP contribution in [0.3, 0.4) is 0 Å². The van der Waals surface area contributed by atoms with E-state index in [0.29, 0.717) is 10.9 Å². The predicted molar refractivity (Wildman–Crippen MR) is 51.1 cm³/mol. The summed E-state index contributed by atoms with van der Waals surface area (Å²) in [4.78, 5) is 0. The van der Waals surface area contributed by atoms with E-state index in [1.165, 1.54) is 0 Å². The maximum atomic E-state index is 5.80. The average molecular weight is 187 g/mol. The van der Waals surface area contributed by atoms with E-state index >= 15 is 0 Å². The van der Waals surface area contributed by atoms with Crippen LogP contribution in [0.15, 0.2) is 24.8 Å². The summed E-state index contributed by atoms with van der Waals surface area (Å²) in [5, 5.41) is 0.707. The lowest BCUT2D eigenvalue weighted by Crippen LogP contribution is -1.79. The highest BCUT2D eigenvalue weighted by molar-refractivity contribution is 6.30. The van der Waals surface area contributed by atoms with Crippen LogP contribution in [0.4, 0.5) is 0 Å². The minimum Gasteiger partial charge on any atom is -0.122 e. The van der Waals surface area contributed by atoms with Crippen molar-refractivity contribution in [2.45, 2.75) is 5.88 Å². The normalized spacial score (nSPS) is 9.64. The first-order valence-electron chi connectivity index (χ1n) is 3.24. The Morgan fingerprint density at radius 3 is 2.64 bits per heavy atom. The molecule has 0 amide bonds. The number of benzene rings is 1. The molecule has 0 spiro atoms. The number of rotatable bonds is 2. The molecule has 0 nitrogen and oxygen atoms in total. The molecule has 0 aliphatic carbocycles. The molecule has 0 fully saturated rings. The highest BCUT2D eigenvalue weighted by Gasteiger charge is 1.94. The highest BCUT2D eigenvalue weighted by Crippen LogP contribution is 2.17. The molecule has 2 heteroatoms. The van der Waals surface area contributed by atoms with Gasteiger partial charge >= 0.3 is 0 Å². The molecular weight excluding hydrogens is 179 g/mol. The summed E-state index contributed by atoms with van der Waals surface area (Å²) >= 11 is 11.4. The summed E-state index contributed by atoms with van der Waals surface area (Å²) in [5.74, 6) is 0.488. The molecule has 0 aliphatic heterocycles. The van der Waals surface area contributed by atoms with E-state index in [0.717, 1.165) is 11.1 Å². The summed E-state index contributed by atoms with van der Waals surface area (Å²) in [5.41, 5.74) is 2.03. The monoisotopic (exact) mass is 186 g/mol. The molecule has 0 N–H and O–H groups in total. The Labute approximate surface area is 76.4 Å². The Balaban J connectivity index is 3.11. The van der Waals surface area contributed by atoms with E-state index in [2.05, 4.69) is 6.58 Å². The molecule has 0 saturated carbocycles. The summed E-state index contributed by atoms with van der Waals surface area (Å²) in [7, 11) is 0. The Kier molecular flexibility index (Phi) is 2.98. The number of halogens is 2. The lowest BCUT2D eigenvalue weighted by atomic mass is 10.1. The van der Waals surface area contributed by atoms with Crippen molar-refractivity contribution >= 4 is 29.3 Å². The van der Waals surface area contributed by atoms with Crippen LogP contribution in [0.2, 0.25) is 5.02 Å². The second kappa shape index (κ2) is 3.80. The van der Waals surface area contributed by atoms with E-state index in [-0.39, 0.29) is 0 Å². The van der Waals surface area contributed by atoms with E-state index < -0.39 is 0 Å². The number of alkyl halides is 1. The lowest BCUT2D eigenvalue weighted by molar-refractivity contribution is 1.39. The second-order valence-corrected chi connectivity index (χ2v) is 2.93. The van der Waals surface area contributed by atoms with E-state index in [4.69, 9.17) is 23.2 Å². The zero-order chi connectivity index (χ0) is 8.27. The Morgan fingerprint density at radius 2 is 2.09 bits per heavy atom. The first kappa shape index (κ1) is 8.63. The van der Waals surface area contributed by atoms with Gasteiger partial charge in [0.1, 0.15) is 0 Å². The fourth-order valence-corrected chi connectivity index (χ4v) is 1.29. The van der Waals surface area contributed by atoms with Crippen LogP contribution < -0.4 is 0 Å². The quantitative estimate of drug-likeness (QED) is 0.619. The lowest BCUT2D eigenvalue weighted by Gasteiger charge is -1.98. The topological polar surface area (TPSA) is 0 Å². The van der Waals surface area contributed by atoms with Crippen molar-refractivity contribution in [3.8, 4) is 0 Å². The first-order chi connectivity index (χ1) is 5.26. The van der Waals surface area contributed by atoms with Crippen LogP contribution in [-0.4, -0.2) is 0 Å². The van der Waals surface area contributed by atoms with Crippen molar-refractivity contribution in [1.29, 1.82) is 0 Å². The van der Waals surface area contributed by atoms with Gasteiger partial charge in [-0.1, -0.05) is 30.3 Å². The van der Waals surface area contributed by atoms with E-state index in [1.54, 1.807) is 6.08 Å². The van der Waals surface area contributed by atoms with Gasteiger partial charge in [0.05, 0.1) is 0 Å². The largest absolute Gasteiger partial charge is 0.122 e. The van der Waals surface area contributed by atoms with Crippen LogP contribution in [0.25, 0.3) is 6.08 Å². The van der Waals surface area contributed by atoms with Crippen molar-refractivity contribution in [3.63, 3.8) is 0 Å². The van der Waals surface area contributed by atoms with Crippen molar-refractivity contribution in [2.24, 2.45) is 0 Å². The molecule has 1 rings (SSSR count). The fraction of sp³-hybridized carbons (Fsp3) is 0.111. The molecule has 0 bridgehead atoms. The molecule has 0 atom stereocenters. The third kappa shape index (κ3) is 2.25. The molecule has 58 valence electrons. The van der Waals surface area contributed by atoms with Gasteiger partial charge in [0.25, 0.3) is 0 Å². The number of hydrogen-bond donors (Lipinski definition) is 0. The van der Waals surface area contributed by atoms with Crippen molar-refractivity contribution in [2.75, 3.05) is 0 Å². The third-order valence-corrected chi connectivity index (χ3v) is 1.90. The summed E-state index contributed by atoms with van der Waals surface area (Å²) in [6.45, 7) is 3.65. The van der Waals surface area contributed by atoms with Gasteiger partial charge in [0.2, 0.25) is 0 Å². The molecule has 11 heavy (non-hydrogen) atoms. The smallest absolute Gasteiger partial charge is 0.0474 e. The Bertz CT molecular complexity index is 266. The molecular formula is C9H8Cl2. The molecule has 0 aliphatic rings. The van der Waals surface area contributed by atoms with Gasteiger partial charge in [-0.2, -0.15) is 0 Å². The van der Waals surface area contributed by atoms with Gasteiger partial charge in [-0.3, -0.25) is 0 Å². The summed E-state index contributed by atoms with van der Waals surface area (Å²) in [6.07, 6.45) is 1.75. The van der Waals surface area contributed by atoms with Crippen molar-refractivity contribution in [3.05, 3.63) is 40.9 Å². The first-order valence-corrected chi connectivity index (χ1v) is 4.15. The van der Waals surface area contributed by atoms with Crippen LogP contribution in [0, 0.1) is 0 Å². The highest BCUT2D eigenvalue weighted by atomic mass is 35.5. The van der Waals surface area contributed by atoms with Crippen LogP contribution in [-0.2, 0) is 5.88 Å². The van der Waals surface area contributed by atoms with Crippen LogP contribution in [0.5, 0.6) is 0 Å². The van der Waals surface area contributed by atoms with Crippen molar-refractivity contribution in [1.82, 2.24) is 0 Å². The maximum absolute atomic E-state index is 5.80. The van der Waals surface area contributed by atoms with Crippen molar-refractivity contribution < 1.29 is 0 Å². The third-order valence-electron chi connectivity index (χ3n) is 1.37. The molecule has 1 aromatic carbocycles. The zero-order valence-corrected chi connectivity index (χ0v) is 7.49. The standard InChI is InChI=1S/C9H8Cl2/c1-2-7-3-8(6-10)5-9(11)4-7/h2-5H,1,6H2. The van der Waals surface area contributed by atoms with Gasteiger partial charge in [-0.15, -0.1) is 11.6 Å². The molecule has 0 radical (unpaired) electrons. The molecule has 0 unspecified atom stereocenters. The van der Waals surface area contributed by atoms with E-state index in [9.17, 15) is 0 Å². The Hall–Kier alpha value is -0.460. The molecule has 0 saturated heterocycles. The summed E-state index contributed by atoms with van der Waals surface area (Å²) in [6, 6.07) is 5.66. The SMILES string of the molecule is C=Cc1cc(Cl)cc(CCl)c1. The minimum atomic E-state index is 0.488. The van der Waals surface area contributed by atoms with Gasteiger partial charge in [0, 0.05) is 10.9 Å². The van der Waals surface area contributed by atoms with Gasteiger partial charge in [-0.05, 0) is 23.3 Å². The minimum absolute atomic E-state index is 0.488. The van der Waals surface area contributed by atoms with E-state index in [1.807, 2.05) is 18.2 Å². The molecule has 0 aromatic heterocycles. The van der Waals surface area contributed by atoms with Crippen LogP contribution in [0.1, 0.15) is 11.1 Å². The number of hydrogen-bond acceptors (Lipinski definition) is 0. The zero-order valence-electron chi connectivity index (χ0n) is 5.98. The predicted octanol–water partition coefficient (Wildman–Crippen LogP) is 3.72. The Morgan fingerprint density at radius 1 is 1.36 bits per heavy atom. The average Bonchev–Trinajstić information content (AvgIpc) is 2.03. The van der Waals surface area contributed by atoms with Gasteiger partial charge < -0.3 is 0 Å². The van der Waals surface area contributed by atoms with Gasteiger partial charge in [0.15, 0.2) is 0 Å². The molecule has 1 aromatic rings.